The van der Waals surface area contributed by atoms with Crippen molar-refractivity contribution >= 4 is 11.4 Å². The second-order valence-electron chi connectivity index (χ2n) is 5.31. The highest BCUT2D eigenvalue weighted by molar-refractivity contribution is 5.56. The van der Waals surface area contributed by atoms with Crippen molar-refractivity contribution in [3.63, 3.8) is 0 Å². The van der Waals surface area contributed by atoms with Gasteiger partial charge in [0.2, 0.25) is 0 Å². The molecule has 1 aliphatic heterocycles. The molecule has 1 saturated heterocycles. The molecule has 18 heavy (non-hydrogen) atoms. The van der Waals surface area contributed by atoms with Crippen molar-refractivity contribution in [2.75, 3.05) is 18.0 Å². The first-order valence-electron chi connectivity index (χ1n) is 6.11. The summed E-state index contributed by atoms with van der Waals surface area (Å²) in [6.07, 6.45) is 1.67. The molecule has 1 aliphatic rings. The monoisotopic (exact) mass is 250 g/mol. The van der Waals surface area contributed by atoms with Crippen LogP contribution in [-0.2, 0) is 0 Å². The van der Waals surface area contributed by atoms with Crippen molar-refractivity contribution in [1.82, 2.24) is 0 Å². The van der Waals surface area contributed by atoms with Crippen molar-refractivity contribution < 1.29 is 10.0 Å². The first kappa shape index (κ1) is 12.8. The molecule has 5 heteroatoms. The van der Waals surface area contributed by atoms with E-state index in [0.717, 1.165) is 30.6 Å². The number of aryl methyl sites for hydroxylation is 1. The van der Waals surface area contributed by atoms with Crippen LogP contribution in [0, 0.1) is 17.0 Å². The molecule has 1 aromatic carbocycles. The maximum absolute atomic E-state index is 10.9. The van der Waals surface area contributed by atoms with Crippen LogP contribution < -0.4 is 4.90 Å². The summed E-state index contributed by atoms with van der Waals surface area (Å²) in [6.45, 7) is 5.01. The summed E-state index contributed by atoms with van der Waals surface area (Å²) in [5.41, 5.74) is 1.08. The van der Waals surface area contributed by atoms with Crippen LogP contribution in [0.15, 0.2) is 18.2 Å². The molecule has 1 unspecified atom stereocenters. The lowest BCUT2D eigenvalue weighted by atomic mass is 9.94. The largest absolute Gasteiger partial charge is 0.388 e. The van der Waals surface area contributed by atoms with Crippen molar-refractivity contribution in [2.24, 2.45) is 0 Å². The van der Waals surface area contributed by atoms with E-state index in [9.17, 15) is 15.2 Å². The number of aliphatic hydroxyl groups is 1. The van der Waals surface area contributed by atoms with E-state index in [2.05, 4.69) is 0 Å². The third kappa shape index (κ3) is 2.79. The van der Waals surface area contributed by atoms with Crippen LogP contribution in [0.25, 0.3) is 0 Å². The standard InChI is InChI=1S/C13H18N2O3/c1-10-6-11(8-12(7-10)15(17)18)14-5-3-4-13(2,16)9-14/h6-8,16H,3-5,9H2,1-2H3. The number of hydrogen-bond donors (Lipinski definition) is 1. The number of anilines is 1. The zero-order valence-corrected chi connectivity index (χ0v) is 10.7. The van der Waals surface area contributed by atoms with Gasteiger partial charge in [-0.2, -0.15) is 0 Å². The number of benzene rings is 1. The Morgan fingerprint density at radius 1 is 1.44 bits per heavy atom. The average molecular weight is 250 g/mol. The Hall–Kier alpha value is -1.62. The van der Waals surface area contributed by atoms with E-state index in [1.54, 1.807) is 12.1 Å². The van der Waals surface area contributed by atoms with Crippen LogP contribution in [0.2, 0.25) is 0 Å². The number of β-amino-alcohol motifs (C(OH)–C–C–N with tert-alkyl or cyclic N) is 1. The van der Waals surface area contributed by atoms with E-state index >= 15 is 0 Å². The van der Waals surface area contributed by atoms with Crippen LogP contribution in [0.3, 0.4) is 0 Å². The van der Waals surface area contributed by atoms with Gasteiger partial charge in [0, 0.05) is 30.9 Å². The Morgan fingerprint density at radius 2 is 2.17 bits per heavy atom. The summed E-state index contributed by atoms with van der Waals surface area (Å²) >= 11 is 0. The molecule has 0 aromatic heterocycles. The summed E-state index contributed by atoms with van der Waals surface area (Å²) in [5.74, 6) is 0. The van der Waals surface area contributed by atoms with Crippen LogP contribution in [0.4, 0.5) is 11.4 Å². The van der Waals surface area contributed by atoms with E-state index < -0.39 is 5.60 Å². The highest BCUT2D eigenvalue weighted by atomic mass is 16.6. The van der Waals surface area contributed by atoms with Crippen molar-refractivity contribution in [3.05, 3.63) is 33.9 Å². The molecule has 5 nitrogen and oxygen atoms in total. The lowest BCUT2D eigenvalue weighted by Gasteiger charge is -2.38. The first-order valence-corrected chi connectivity index (χ1v) is 6.11. The van der Waals surface area contributed by atoms with E-state index in [4.69, 9.17) is 0 Å². The Labute approximate surface area is 106 Å². The lowest BCUT2D eigenvalue weighted by molar-refractivity contribution is -0.384. The van der Waals surface area contributed by atoms with Gasteiger partial charge in [0.25, 0.3) is 5.69 Å². The van der Waals surface area contributed by atoms with E-state index in [1.165, 1.54) is 0 Å². The van der Waals surface area contributed by atoms with Gasteiger partial charge in [-0.3, -0.25) is 10.1 Å². The van der Waals surface area contributed by atoms with Crippen LogP contribution >= 0.6 is 0 Å². The zero-order valence-electron chi connectivity index (χ0n) is 10.7. The van der Waals surface area contributed by atoms with Gasteiger partial charge in [-0.25, -0.2) is 0 Å². The third-order valence-electron chi connectivity index (χ3n) is 3.30. The normalized spacial score (nSPS) is 24.1. The Kier molecular flexibility index (Phi) is 3.26. The molecule has 1 fully saturated rings. The SMILES string of the molecule is Cc1cc(N2CCCC(C)(O)C2)cc([N+](=O)[O-])c1. The predicted octanol–water partition coefficient (Wildman–Crippen LogP) is 2.25. The molecule has 0 saturated carbocycles. The molecular formula is C13H18N2O3. The van der Waals surface area contributed by atoms with Crippen LogP contribution in [0.5, 0.6) is 0 Å². The molecule has 0 amide bonds. The first-order chi connectivity index (χ1) is 8.37. The lowest BCUT2D eigenvalue weighted by Crippen LogP contribution is -2.46. The Morgan fingerprint density at radius 3 is 2.78 bits per heavy atom. The van der Waals surface area contributed by atoms with Crippen molar-refractivity contribution in [2.45, 2.75) is 32.3 Å². The van der Waals surface area contributed by atoms with Gasteiger partial charge in [-0.05, 0) is 38.3 Å². The minimum absolute atomic E-state index is 0.107. The number of nitro benzene ring substituents is 1. The molecule has 1 atom stereocenters. The molecule has 0 aliphatic carbocycles. The molecule has 0 spiro atoms. The summed E-state index contributed by atoms with van der Waals surface area (Å²) < 4.78 is 0. The number of piperidine rings is 1. The Bertz CT molecular complexity index is 471. The van der Waals surface area contributed by atoms with E-state index in [-0.39, 0.29) is 10.6 Å². The van der Waals surface area contributed by atoms with Crippen LogP contribution in [0.1, 0.15) is 25.3 Å². The van der Waals surface area contributed by atoms with Crippen molar-refractivity contribution in [1.29, 1.82) is 0 Å². The minimum atomic E-state index is -0.712. The number of hydrogen-bond acceptors (Lipinski definition) is 4. The maximum Gasteiger partial charge on any atom is 0.271 e. The highest BCUT2D eigenvalue weighted by Crippen LogP contribution is 2.29. The van der Waals surface area contributed by atoms with Crippen LogP contribution in [-0.4, -0.2) is 28.7 Å². The molecule has 0 radical (unpaired) electrons. The predicted molar refractivity (Wildman–Crippen MR) is 69.9 cm³/mol. The zero-order chi connectivity index (χ0) is 13.3. The second-order valence-corrected chi connectivity index (χ2v) is 5.31. The van der Waals surface area contributed by atoms with E-state index in [1.807, 2.05) is 24.8 Å². The number of nitro groups is 1. The van der Waals surface area contributed by atoms with Gasteiger partial charge >= 0.3 is 0 Å². The maximum atomic E-state index is 10.9. The quantitative estimate of drug-likeness (QED) is 0.645. The van der Waals surface area contributed by atoms with Gasteiger partial charge in [0.1, 0.15) is 0 Å². The number of non-ortho nitro benzene ring substituents is 1. The van der Waals surface area contributed by atoms with Gasteiger partial charge < -0.3 is 10.0 Å². The van der Waals surface area contributed by atoms with Crippen molar-refractivity contribution in [3.8, 4) is 0 Å². The summed E-state index contributed by atoms with van der Waals surface area (Å²) in [6, 6.07) is 5.06. The smallest absolute Gasteiger partial charge is 0.271 e. The summed E-state index contributed by atoms with van der Waals surface area (Å²) in [5, 5.41) is 20.9. The summed E-state index contributed by atoms with van der Waals surface area (Å²) in [4.78, 5) is 12.5. The summed E-state index contributed by atoms with van der Waals surface area (Å²) in [7, 11) is 0. The molecule has 98 valence electrons. The molecule has 1 aromatic rings. The molecule has 1 heterocycles. The molecule has 1 N–H and O–H groups in total. The highest BCUT2D eigenvalue weighted by Gasteiger charge is 2.29. The fourth-order valence-corrected chi connectivity index (χ4v) is 2.47. The average Bonchev–Trinajstić information content (AvgIpc) is 2.26. The van der Waals surface area contributed by atoms with Gasteiger partial charge in [-0.1, -0.05) is 0 Å². The molecule has 0 bridgehead atoms. The number of rotatable bonds is 2. The molecular weight excluding hydrogens is 232 g/mol. The second kappa shape index (κ2) is 4.57. The van der Waals surface area contributed by atoms with E-state index in [0.29, 0.717) is 6.54 Å². The number of nitrogens with zero attached hydrogens (tertiary/aromatic N) is 2. The third-order valence-corrected chi connectivity index (χ3v) is 3.30. The van der Waals surface area contributed by atoms with Gasteiger partial charge in [0.15, 0.2) is 0 Å². The molecule has 2 rings (SSSR count). The Balaban J connectivity index is 2.30. The fraction of sp³-hybridized carbons (Fsp3) is 0.538. The minimum Gasteiger partial charge on any atom is -0.388 e. The van der Waals surface area contributed by atoms with Gasteiger partial charge in [-0.15, -0.1) is 0 Å². The van der Waals surface area contributed by atoms with Gasteiger partial charge in [0.05, 0.1) is 10.5 Å². The fourth-order valence-electron chi connectivity index (χ4n) is 2.47. The topological polar surface area (TPSA) is 66.6 Å².